The van der Waals surface area contributed by atoms with Crippen molar-refractivity contribution in [1.29, 1.82) is 0 Å². The number of aromatic nitrogens is 1. The number of nitrogens with zero attached hydrogens (tertiary/aromatic N) is 3. The number of ether oxygens (including phenoxy) is 2. The van der Waals surface area contributed by atoms with E-state index in [0.717, 1.165) is 42.7 Å². The molecule has 14 nitrogen and oxygen atoms in total. The molecule has 2 heterocycles. The Morgan fingerprint density at radius 2 is 1.68 bits per heavy atom. The highest BCUT2D eigenvalue weighted by Gasteiger charge is 2.39. The lowest BCUT2D eigenvalue weighted by Gasteiger charge is -2.39. The minimum atomic E-state index is -1.00. The number of carbonyl (C=O) groups is 6. The number of aliphatic carboxylic acids is 1. The summed E-state index contributed by atoms with van der Waals surface area (Å²) in [4.78, 5) is 87.8. The Morgan fingerprint density at radius 1 is 1.00 bits per heavy atom. The molecule has 7 atom stereocenters. The number of nitrogens with one attached hydrogen (secondary N) is 1. The van der Waals surface area contributed by atoms with Gasteiger partial charge >= 0.3 is 17.9 Å². The van der Waals surface area contributed by atoms with Crippen molar-refractivity contribution in [3.05, 3.63) is 45.9 Å². The number of esters is 2. The standard InChI is InChI=1S/C44H66N4O10S/c1-10-28(6)34(22-38(51)36-13-11-12-18-47(36)9)43(54)48(25-57-40(52)19-26(2)3)37(27(4)5)23-39(58-30(8)49)42-46-35(24-59-42)41(53)45-32(20-29(7)44(55)56)21-31-14-16-33(50)17-15-31/h14-17,24,26-29,32,34,36-37,39,50H,10-13,18-23,25H2,1-9H3,(H,45,53)(H,55,56)/t28-,29-,32+,34-,36+,37+,39+/m1/s1. The molecule has 0 bridgehead atoms. The maximum Gasteiger partial charge on any atom is 0.307 e. The zero-order chi connectivity index (χ0) is 44.0. The van der Waals surface area contributed by atoms with Crippen LogP contribution in [-0.2, 0) is 39.9 Å². The van der Waals surface area contributed by atoms with E-state index in [1.54, 1.807) is 19.1 Å². The Hall–Kier alpha value is -4.37. The number of carboxylic acid groups (broad SMARTS) is 1. The maximum absolute atomic E-state index is 14.9. The number of piperidine rings is 1. The predicted octanol–water partition coefficient (Wildman–Crippen LogP) is 6.80. The van der Waals surface area contributed by atoms with Gasteiger partial charge in [0, 0.05) is 49.6 Å². The highest BCUT2D eigenvalue weighted by Crippen LogP contribution is 2.34. The quantitative estimate of drug-likeness (QED) is 0.0784. The molecule has 3 rings (SSSR count). The second-order valence-corrected chi connectivity index (χ2v) is 17.8. The molecule has 1 aliphatic heterocycles. The molecule has 1 saturated heterocycles. The van der Waals surface area contributed by atoms with Crippen LogP contribution in [0, 0.1) is 29.6 Å². The smallest absolute Gasteiger partial charge is 0.307 e. The molecule has 0 spiro atoms. The Kier molecular flexibility index (Phi) is 19.5. The lowest BCUT2D eigenvalue weighted by molar-refractivity contribution is -0.162. The first-order chi connectivity index (χ1) is 27.8. The number of thiazole rings is 1. The van der Waals surface area contributed by atoms with Gasteiger partial charge in [0.05, 0.1) is 12.0 Å². The van der Waals surface area contributed by atoms with Crippen LogP contribution in [0.2, 0.25) is 0 Å². The Morgan fingerprint density at radius 3 is 2.25 bits per heavy atom. The molecule has 1 aromatic carbocycles. The number of hydrogen-bond acceptors (Lipinski definition) is 12. The molecule has 15 heteroatoms. The third-order valence-electron chi connectivity index (χ3n) is 11.2. The third kappa shape index (κ3) is 15.3. The van der Waals surface area contributed by atoms with Crippen LogP contribution < -0.4 is 5.32 Å². The highest BCUT2D eigenvalue weighted by molar-refractivity contribution is 7.09. The van der Waals surface area contributed by atoms with Gasteiger partial charge in [0.1, 0.15) is 16.5 Å². The molecule has 0 saturated carbocycles. The molecule has 1 fully saturated rings. The monoisotopic (exact) mass is 842 g/mol. The number of phenolic OH excluding ortho intramolecular Hbond substituents is 1. The van der Waals surface area contributed by atoms with Gasteiger partial charge in [-0.05, 0) is 74.7 Å². The first kappa shape index (κ1) is 49.0. The van der Waals surface area contributed by atoms with Gasteiger partial charge in [-0.15, -0.1) is 11.3 Å². The fraction of sp³-hybridized carbons (Fsp3) is 0.659. The van der Waals surface area contributed by atoms with E-state index in [4.69, 9.17) is 9.47 Å². The lowest BCUT2D eigenvalue weighted by atomic mass is 9.82. The van der Waals surface area contributed by atoms with Gasteiger partial charge in [0.2, 0.25) is 5.91 Å². The van der Waals surface area contributed by atoms with Gasteiger partial charge < -0.3 is 29.9 Å². The van der Waals surface area contributed by atoms with Gasteiger partial charge in [-0.25, -0.2) is 4.98 Å². The molecule has 0 radical (unpaired) electrons. The molecule has 328 valence electrons. The van der Waals surface area contributed by atoms with E-state index < -0.39 is 53.8 Å². The minimum Gasteiger partial charge on any atom is -0.508 e. The average molecular weight is 843 g/mol. The number of rotatable bonds is 23. The third-order valence-corrected chi connectivity index (χ3v) is 12.1. The Labute approximate surface area is 353 Å². The van der Waals surface area contributed by atoms with Gasteiger partial charge in [-0.3, -0.25) is 33.7 Å². The van der Waals surface area contributed by atoms with Crippen molar-refractivity contribution in [3.63, 3.8) is 0 Å². The second-order valence-electron chi connectivity index (χ2n) is 16.9. The van der Waals surface area contributed by atoms with Gasteiger partial charge in [0.15, 0.2) is 18.6 Å². The van der Waals surface area contributed by atoms with Crippen molar-refractivity contribution in [1.82, 2.24) is 20.1 Å². The number of aromatic hydroxyl groups is 1. The maximum atomic E-state index is 14.9. The van der Waals surface area contributed by atoms with Crippen molar-refractivity contribution in [3.8, 4) is 5.75 Å². The largest absolute Gasteiger partial charge is 0.508 e. The number of hydrogen-bond donors (Lipinski definition) is 3. The van der Waals surface area contributed by atoms with Crippen LogP contribution in [0.25, 0.3) is 0 Å². The fourth-order valence-electron chi connectivity index (χ4n) is 7.54. The fourth-order valence-corrected chi connectivity index (χ4v) is 8.37. The molecule has 0 unspecified atom stereocenters. The summed E-state index contributed by atoms with van der Waals surface area (Å²) in [6.45, 7) is 14.8. The summed E-state index contributed by atoms with van der Waals surface area (Å²) >= 11 is 1.11. The number of carboxylic acids is 1. The first-order valence-electron chi connectivity index (χ1n) is 20.9. The van der Waals surface area contributed by atoms with Crippen LogP contribution in [0.15, 0.2) is 29.6 Å². The first-order valence-corrected chi connectivity index (χ1v) is 21.8. The number of likely N-dealkylation sites (N-methyl/N-ethyl adjacent to an activating group) is 1. The second kappa shape index (κ2) is 23.4. The summed E-state index contributed by atoms with van der Waals surface area (Å²) in [6.07, 6.45) is 3.04. The molecule has 0 aliphatic carbocycles. The van der Waals surface area contributed by atoms with E-state index in [9.17, 15) is 39.0 Å². The summed E-state index contributed by atoms with van der Waals surface area (Å²) < 4.78 is 11.6. The topological polar surface area (TPSA) is 193 Å². The predicted molar refractivity (Wildman–Crippen MR) is 224 cm³/mol. The van der Waals surface area contributed by atoms with Crippen LogP contribution in [0.5, 0.6) is 5.75 Å². The minimum absolute atomic E-state index is 0.0119. The van der Waals surface area contributed by atoms with E-state index in [2.05, 4.69) is 15.2 Å². The van der Waals surface area contributed by atoms with Gasteiger partial charge in [-0.1, -0.05) is 73.4 Å². The van der Waals surface area contributed by atoms with Crippen LogP contribution in [0.3, 0.4) is 0 Å². The molecule has 59 heavy (non-hydrogen) atoms. The van der Waals surface area contributed by atoms with Crippen LogP contribution in [0.1, 0.15) is 134 Å². The number of carbonyl (C=O) groups excluding carboxylic acids is 5. The van der Waals surface area contributed by atoms with Crippen molar-refractivity contribution in [2.45, 2.75) is 137 Å². The SMILES string of the molecule is CC[C@@H](C)[C@@H](CC(=O)[C@@H]1CCCCN1C)C(=O)N(COC(=O)CC(C)C)[C@@H](C[C@H](OC(C)=O)c1nc(C(=O)N[C@H](Cc2ccc(O)cc2)C[C@@H](C)C(=O)O)cs1)C(C)C. The van der Waals surface area contributed by atoms with Crippen molar-refractivity contribution in [2.24, 2.45) is 29.6 Å². The number of ketones is 1. The van der Waals surface area contributed by atoms with Crippen LogP contribution in [-0.4, -0.2) is 99.0 Å². The summed E-state index contributed by atoms with van der Waals surface area (Å²) in [5, 5.41) is 24.1. The van der Waals surface area contributed by atoms with Crippen LogP contribution >= 0.6 is 11.3 Å². The van der Waals surface area contributed by atoms with Crippen molar-refractivity contribution < 1.29 is 48.5 Å². The zero-order valence-corrected chi connectivity index (χ0v) is 37.1. The lowest BCUT2D eigenvalue weighted by Crippen LogP contribution is -2.50. The molecule has 1 aromatic heterocycles. The normalized spacial score (nSPS) is 17.6. The number of benzene rings is 1. The van der Waals surface area contributed by atoms with E-state index in [1.165, 1.54) is 29.3 Å². The van der Waals surface area contributed by atoms with E-state index in [-0.39, 0.29) is 79.3 Å². The summed E-state index contributed by atoms with van der Waals surface area (Å²) in [5.74, 6) is -4.66. The summed E-state index contributed by atoms with van der Waals surface area (Å²) in [5.41, 5.74) is 0.829. The van der Waals surface area contributed by atoms with E-state index >= 15 is 0 Å². The van der Waals surface area contributed by atoms with Crippen molar-refractivity contribution >= 4 is 46.8 Å². The van der Waals surface area contributed by atoms with Crippen molar-refractivity contribution in [2.75, 3.05) is 20.3 Å². The Bertz CT molecular complexity index is 1710. The molecule has 3 N–H and O–H groups in total. The molecule has 2 aromatic rings. The van der Waals surface area contributed by atoms with E-state index in [0.29, 0.717) is 17.8 Å². The molecule has 2 amide bonds. The summed E-state index contributed by atoms with van der Waals surface area (Å²) in [7, 11) is 1.94. The zero-order valence-electron chi connectivity index (χ0n) is 36.3. The molecular weight excluding hydrogens is 777 g/mol. The molecule has 1 aliphatic rings. The molecular formula is C44H66N4O10S. The van der Waals surface area contributed by atoms with E-state index in [1.807, 2.05) is 48.6 Å². The van der Waals surface area contributed by atoms with Crippen LogP contribution in [0.4, 0.5) is 0 Å². The highest BCUT2D eigenvalue weighted by atomic mass is 32.1. The Balaban J connectivity index is 1.96. The van der Waals surface area contributed by atoms with Gasteiger partial charge in [0.25, 0.3) is 5.91 Å². The number of amides is 2. The number of Topliss-reactive ketones (excluding diaryl/α,β-unsaturated/α-hetero) is 1. The number of phenols is 1. The number of likely N-dealkylation sites (tertiary alicyclic amines) is 1. The van der Waals surface area contributed by atoms with Gasteiger partial charge in [-0.2, -0.15) is 0 Å². The average Bonchev–Trinajstić information content (AvgIpc) is 3.67. The summed E-state index contributed by atoms with van der Waals surface area (Å²) in [6, 6.07) is 4.94.